The minimum Gasteiger partial charge on any atom is -0.318 e. The largest absolute Gasteiger partial charge is 0.434 e. The number of halogens is 6. The summed E-state index contributed by atoms with van der Waals surface area (Å²) in [6, 6.07) is 5.12. The number of benzene rings is 1. The Balaban J connectivity index is 1.75. The second kappa shape index (κ2) is 7.76. The second-order valence-corrected chi connectivity index (χ2v) is 7.37. The predicted octanol–water partition coefficient (Wildman–Crippen LogP) is 5.01. The SMILES string of the molecule is Cn1nc(C(=O)Nc2cnn(Cc3ccc(Cl)c(Cl)c3)c2)c(Br)c1C(F)(F)F. The van der Waals surface area contributed by atoms with Gasteiger partial charge in [-0.2, -0.15) is 23.4 Å². The third-order valence-corrected chi connectivity index (χ3v) is 5.18. The number of nitrogens with zero attached hydrogens (tertiary/aromatic N) is 4. The molecule has 6 nitrogen and oxygen atoms in total. The Kier molecular flexibility index (Phi) is 5.74. The maximum absolute atomic E-state index is 13.0. The van der Waals surface area contributed by atoms with Gasteiger partial charge in [-0.25, -0.2) is 0 Å². The normalized spacial score (nSPS) is 11.7. The van der Waals surface area contributed by atoms with Crippen LogP contribution in [0.5, 0.6) is 0 Å². The molecule has 0 aliphatic rings. The van der Waals surface area contributed by atoms with Crippen molar-refractivity contribution in [1.82, 2.24) is 19.6 Å². The summed E-state index contributed by atoms with van der Waals surface area (Å²) in [5, 5.41) is 11.1. The summed E-state index contributed by atoms with van der Waals surface area (Å²) in [5.74, 6) is -0.799. The highest BCUT2D eigenvalue weighted by atomic mass is 79.9. The van der Waals surface area contributed by atoms with Gasteiger partial charge in [0.25, 0.3) is 5.91 Å². The van der Waals surface area contributed by atoms with E-state index in [-0.39, 0.29) is 5.69 Å². The molecule has 0 aliphatic carbocycles. The Bertz CT molecular complexity index is 1050. The van der Waals surface area contributed by atoms with Crippen molar-refractivity contribution in [2.45, 2.75) is 12.7 Å². The summed E-state index contributed by atoms with van der Waals surface area (Å²) in [6.45, 7) is 0.359. The van der Waals surface area contributed by atoms with Crippen LogP contribution in [0.4, 0.5) is 18.9 Å². The molecule has 2 aromatic heterocycles. The van der Waals surface area contributed by atoms with Gasteiger partial charge in [0.15, 0.2) is 11.4 Å². The highest BCUT2D eigenvalue weighted by Gasteiger charge is 2.39. The van der Waals surface area contributed by atoms with E-state index in [2.05, 4.69) is 31.4 Å². The molecular weight excluding hydrogens is 486 g/mol. The molecule has 12 heteroatoms. The molecule has 28 heavy (non-hydrogen) atoms. The van der Waals surface area contributed by atoms with Crippen LogP contribution >= 0.6 is 39.1 Å². The highest BCUT2D eigenvalue weighted by Crippen LogP contribution is 2.36. The van der Waals surface area contributed by atoms with E-state index >= 15 is 0 Å². The summed E-state index contributed by atoms with van der Waals surface area (Å²) in [7, 11) is 1.11. The van der Waals surface area contributed by atoms with E-state index in [4.69, 9.17) is 23.2 Å². The topological polar surface area (TPSA) is 64.7 Å². The van der Waals surface area contributed by atoms with E-state index in [1.807, 2.05) is 0 Å². The zero-order valence-corrected chi connectivity index (χ0v) is 17.2. The maximum atomic E-state index is 13.0. The van der Waals surface area contributed by atoms with Crippen LogP contribution in [0.3, 0.4) is 0 Å². The van der Waals surface area contributed by atoms with Crippen LogP contribution in [-0.2, 0) is 19.8 Å². The summed E-state index contributed by atoms with van der Waals surface area (Å²) < 4.78 is 40.8. The van der Waals surface area contributed by atoms with Gasteiger partial charge in [-0.1, -0.05) is 29.3 Å². The van der Waals surface area contributed by atoms with Crippen molar-refractivity contribution in [2.75, 3.05) is 5.32 Å². The molecule has 0 unspecified atom stereocenters. The standard InChI is InChI=1S/C16H11BrCl2F3N5O/c1-26-14(16(20,21)22)12(17)13(25-26)15(28)24-9-5-23-27(7-9)6-8-2-3-10(18)11(19)4-8/h2-5,7H,6H2,1H3,(H,24,28). The van der Waals surface area contributed by atoms with Crippen molar-refractivity contribution >= 4 is 50.7 Å². The monoisotopic (exact) mass is 495 g/mol. The van der Waals surface area contributed by atoms with E-state index < -0.39 is 22.3 Å². The molecule has 0 bridgehead atoms. The van der Waals surface area contributed by atoms with Crippen molar-refractivity contribution in [2.24, 2.45) is 7.05 Å². The van der Waals surface area contributed by atoms with Gasteiger partial charge in [-0.15, -0.1) is 0 Å². The quantitative estimate of drug-likeness (QED) is 0.552. The summed E-state index contributed by atoms with van der Waals surface area (Å²) in [4.78, 5) is 12.3. The molecule has 1 N–H and O–H groups in total. The molecule has 0 atom stereocenters. The molecule has 1 aromatic carbocycles. The molecule has 0 aliphatic heterocycles. The van der Waals surface area contributed by atoms with Crippen LogP contribution in [0.1, 0.15) is 21.7 Å². The zero-order valence-electron chi connectivity index (χ0n) is 14.1. The van der Waals surface area contributed by atoms with Gasteiger partial charge in [0.2, 0.25) is 0 Å². The zero-order chi connectivity index (χ0) is 20.6. The number of anilines is 1. The Morgan fingerprint density at radius 2 is 2.00 bits per heavy atom. The van der Waals surface area contributed by atoms with E-state index in [9.17, 15) is 18.0 Å². The minimum atomic E-state index is -4.65. The van der Waals surface area contributed by atoms with Crippen molar-refractivity contribution in [1.29, 1.82) is 0 Å². The Morgan fingerprint density at radius 1 is 1.29 bits per heavy atom. The maximum Gasteiger partial charge on any atom is 0.434 e. The Morgan fingerprint density at radius 3 is 2.61 bits per heavy atom. The number of alkyl halides is 3. The van der Waals surface area contributed by atoms with Gasteiger partial charge in [-0.05, 0) is 33.6 Å². The third-order valence-electron chi connectivity index (χ3n) is 3.69. The van der Waals surface area contributed by atoms with Gasteiger partial charge in [0.1, 0.15) is 0 Å². The molecule has 3 aromatic rings. The first-order chi connectivity index (χ1) is 13.1. The van der Waals surface area contributed by atoms with Gasteiger partial charge in [0, 0.05) is 13.2 Å². The van der Waals surface area contributed by atoms with Crippen molar-refractivity contribution in [3.8, 4) is 0 Å². The smallest absolute Gasteiger partial charge is 0.318 e. The van der Waals surface area contributed by atoms with Gasteiger partial charge in [-0.3, -0.25) is 14.2 Å². The number of amides is 1. The fourth-order valence-electron chi connectivity index (χ4n) is 2.48. The van der Waals surface area contributed by atoms with Crippen LogP contribution in [0, 0.1) is 0 Å². The summed E-state index contributed by atoms with van der Waals surface area (Å²) >= 11 is 14.7. The van der Waals surface area contributed by atoms with Gasteiger partial charge >= 0.3 is 6.18 Å². The number of carbonyl (C=O) groups is 1. The Labute approximate surface area is 175 Å². The van der Waals surface area contributed by atoms with Crippen LogP contribution < -0.4 is 5.32 Å². The number of aryl methyl sites for hydroxylation is 1. The van der Waals surface area contributed by atoms with Crippen LogP contribution in [0.25, 0.3) is 0 Å². The van der Waals surface area contributed by atoms with Crippen LogP contribution in [0.2, 0.25) is 10.0 Å². The van der Waals surface area contributed by atoms with E-state index in [1.165, 1.54) is 17.1 Å². The first-order valence-electron chi connectivity index (χ1n) is 7.63. The predicted molar refractivity (Wildman–Crippen MR) is 102 cm³/mol. The molecule has 3 rings (SSSR count). The number of carbonyl (C=O) groups excluding carboxylic acids is 1. The molecule has 0 radical (unpaired) electrons. The number of hydrogen-bond acceptors (Lipinski definition) is 3. The molecule has 0 saturated carbocycles. The average molecular weight is 497 g/mol. The lowest BCUT2D eigenvalue weighted by molar-refractivity contribution is -0.144. The summed E-state index contributed by atoms with van der Waals surface area (Å²) in [6.07, 6.45) is -1.75. The van der Waals surface area contributed by atoms with Crippen molar-refractivity contribution in [3.63, 3.8) is 0 Å². The first kappa shape index (κ1) is 20.7. The molecule has 0 fully saturated rings. The summed E-state index contributed by atoms with van der Waals surface area (Å²) in [5.41, 5.74) is -0.297. The lowest BCUT2D eigenvalue weighted by Crippen LogP contribution is -2.13. The van der Waals surface area contributed by atoms with E-state index in [0.29, 0.717) is 27.0 Å². The first-order valence-corrected chi connectivity index (χ1v) is 9.18. The van der Waals surface area contributed by atoms with Crippen molar-refractivity contribution < 1.29 is 18.0 Å². The minimum absolute atomic E-state index is 0.302. The molecule has 2 heterocycles. The number of hydrogen-bond donors (Lipinski definition) is 1. The molecule has 1 amide bonds. The fraction of sp³-hybridized carbons (Fsp3) is 0.188. The third kappa shape index (κ3) is 4.34. The second-order valence-electron chi connectivity index (χ2n) is 5.76. The molecule has 0 saturated heterocycles. The lowest BCUT2D eigenvalue weighted by Gasteiger charge is -2.06. The number of rotatable bonds is 4. The lowest BCUT2D eigenvalue weighted by atomic mass is 10.2. The Hall–Kier alpha value is -2.04. The average Bonchev–Trinajstić information content (AvgIpc) is 3.14. The van der Waals surface area contributed by atoms with Crippen LogP contribution in [-0.4, -0.2) is 25.5 Å². The fourth-order valence-corrected chi connectivity index (χ4v) is 3.54. The number of nitrogens with one attached hydrogen (secondary N) is 1. The van der Waals surface area contributed by atoms with Crippen LogP contribution in [0.15, 0.2) is 35.1 Å². The number of aromatic nitrogens is 4. The van der Waals surface area contributed by atoms with Crippen molar-refractivity contribution in [3.05, 3.63) is 62.1 Å². The highest BCUT2D eigenvalue weighted by molar-refractivity contribution is 9.10. The van der Waals surface area contributed by atoms with E-state index in [0.717, 1.165) is 12.6 Å². The molecule has 0 spiro atoms. The van der Waals surface area contributed by atoms with Gasteiger partial charge in [0.05, 0.1) is 32.9 Å². The van der Waals surface area contributed by atoms with Gasteiger partial charge < -0.3 is 5.32 Å². The molecular formula is C16H11BrCl2F3N5O. The molecule has 148 valence electrons. The van der Waals surface area contributed by atoms with E-state index in [1.54, 1.807) is 18.2 Å².